The summed E-state index contributed by atoms with van der Waals surface area (Å²) < 4.78 is 0. The number of carbonyl (C=O) groups is 1. The molecule has 1 saturated heterocycles. The Morgan fingerprint density at radius 1 is 1.45 bits per heavy atom. The molecular weight excluding hydrogens is 316 g/mol. The van der Waals surface area contributed by atoms with Gasteiger partial charge in [0.2, 0.25) is 5.91 Å². The number of nitrogens with two attached hydrogens (primary N) is 1. The molecule has 0 radical (unpaired) electrons. The lowest BCUT2D eigenvalue weighted by atomic mass is 9.87. The number of rotatable bonds is 5. The quantitative estimate of drug-likeness (QED) is 0.885. The number of hydrogen-bond acceptors (Lipinski definition) is 3. The van der Waals surface area contributed by atoms with Crippen LogP contribution < -0.4 is 5.73 Å². The lowest BCUT2D eigenvalue weighted by Gasteiger charge is -2.40. The lowest BCUT2D eigenvalue weighted by molar-refractivity contribution is -0.135. The average Bonchev–Trinajstić information content (AvgIpc) is 2.75. The summed E-state index contributed by atoms with van der Waals surface area (Å²) >= 11 is 1.76. The zero-order valence-corrected chi connectivity index (χ0v) is 15.6. The number of carbonyl (C=O) groups excluding carboxylic acids is 1. The molecule has 2 rings (SSSR count). The van der Waals surface area contributed by atoms with Crippen molar-refractivity contribution in [3.8, 4) is 0 Å². The molecule has 126 valence electrons. The van der Waals surface area contributed by atoms with Crippen molar-refractivity contribution in [2.24, 2.45) is 11.7 Å². The predicted molar refractivity (Wildman–Crippen MR) is 96.9 cm³/mol. The Labute approximate surface area is 144 Å². The Morgan fingerprint density at radius 3 is 2.77 bits per heavy atom. The highest BCUT2D eigenvalue weighted by Gasteiger charge is 2.31. The van der Waals surface area contributed by atoms with Gasteiger partial charge in [0, 0.05) is 22.3 Å². The fraction of sp³-hybridized carbons (Fsp3) is 0.706. The molecule has 0 spiro atoms. The summed E-state index contributed by atoms with van der Waals surface area (Å²) in [6.07, 6.45) is 4.99. The molecule has 0 saturated carbocycles. The van der Waals surface area contributed by atoms with E-state index in [1.54, 1.807) is 11.3 Å². The number of nitrogens with zero attached hydrogens (tertiary/aromatic N) is 1. The highest BCUT2D eigenvalue weighted by atomic mass is 35.5. The first-order valence-corrected chi connectivity index (χ1v) is 8.90. The van der Waals surface area contributed by atoms with Gasteiger partial charge < -0.3 is 10.6 Å². The van der Waals surface area contributed by atoms with Gasteiger partial charge in [0.25, 0.3) is 0 Å². The lowest BCUT2D eigenvalue weighted by Crippen LogP contribution is -2.48. The van der Waals surface area contributed by atoms with Crippen LogP contribution in [0.5, 0.6) is 0 Å². The van der Waals surface area contributed by atoms with Crippen LogP contribution in [-0.2, 0) is 11.2 Å². The minimum atomic E-state index is 0. The van der Waals surface area contributed by atoms with Crippen molar-refractivity contribution in [3.63, 3.8) is 0 Å². The van der Waals surface area contributed by atoms with Gasteiger partial charge in [-0.2, -0.15) is 0 Å². The van der Waals surface area contributed by atoms with Gasteiger partial charge >= 0.3 is 0 Å². The van der Waals surface area contributed by atoms with Crippen LogP contribution in [0.4, 0.5) is 0 Å². The smallest absolute Gasteiger partial charge is 0.228 e. The van der Waals surface area contributed by atoms with E-state index in [0.717, 1.165) is 25.8 Å². The van der Waals surface area contributed by atoms with Crippen LogP contribution in [0.3, 0.4) is 0 Å². The molecule has 1 fully saturated rings. The summed E-state index contributed by atoms with van der Waals surface area (Å²) in [7, 11) is 0. The van der Waals surface area contributed by atoms with Gasteiger partial charge in [-0.3, -0.25) is 4.79 Å². The van der Waals surface area contributed by atoms with E-state index in [0.29, 0.717) is 30.8 Å². The first-order chi connectivity index (χ1) is 10.0. The molecule has 2 unspecified atom stereocenters. The second kappa shape index (κ2) is 8.90. The van der Waals surface area contributed by atoms with Crippen molar-refractivity contribution in [2.45, 2.75) is 58.9 Å². The molecule has 3 nitrogen and oxygen atoms in total. The van der Waals surface area contributed by atoms with Crippen LogP contribution in [0.2, 0.25) is 0 Å². The minimum absolute atomic E-state index is 0. The molecule has 1 aliphatic heterocycles. The summed E-state index contributed by atoms with van der Waals surface area (Å²) in [6.45, 7) is 8.13. The molecule has 22 heavy (non-hydrogen) atoms. The number of aryl methyl sites for hydroxylation is 2. The monoisotopic (exact) mass is 344 g/mol. The third-order valence-corrected chi connectivity index (χ3v) is 5.75. The molecule has 1 aromatic heterocycles. The van der Waals surface area contributed by atoms with Crippen molar-refractivity contribution in [1.29, 1.82) is 0 Å². The molecule has 2 atom stereocenters. The summed E-state index contributed by atoms with van der Waals surface area (Å²) in [5, 5.41) is 0. The average molecular weight is 345 g/mol. The first-order valence-electron chi connectivity index (χ1n) is 8.08. The zero-order chi connectivity index (χ0) is 15.4. The van der Waals surface area contributed by atoms with E-state index in [2.05, 4.69) is 31.7 Å². The maximum absolute atomic E-state index is 12.7. The van der Waals surface area contributed by atoms with Crippen molar-refractivity contribution in [2.75, 3.05) is 13.1 Å². The highest BCUT2D eigenvalue weighted by molar-refractivity contribution is 7.12. The van der Waals surface area contributed by atoms with Gasteiger partial charge in [-0.1, -0.05) is 6.92 Å². The number of amides is 1. The van der Waals surface area contributed by atoms with Crippen LogP contribution in [-0.4, -0.2) is 29.9 Å². The van der Waals surface area contributed by atoms with E-state index in [4.69, 9.17) is 5.73 Å². The third-order valence-electron chi connectivity index (χ3n) is 4.60. The number of hydrogen-bond donors (Lipinski definition) is 1. The van der Waals surface area contributed by atoms with E-state index in [1.807, 2.05) is 0 Å². The minimum Gasteiger partial charge on any atom is -0.339 e. The van der Waals surface area contributed by atoms with E-state index in [-0.39, 0.29) is 12.4 Å². The van der Waals surface area contributed by atoms with Gasteiger partial charge in [0.05, 0.1) is 6.42 Å². The Hall–Kier alpha value is -0.580. The molecule has 0 aromatic carbocycles. The summed E-state index contributed by atoms with van der Waals surface area (Å²) in [5.74, 6) is 0.897. The fourth-order valence-corrected chi connectivity index (χ4v) is 4.47. The van der Waals surface area contributed by atoms with Crippen molar-refractivity contribution < 1.29 is 4.79 Å². The summed E-state index contributed by atoms with van der Waals surface area (Å²) in [5.41, 5.74) is 6.92. The predicted octanol–water partition coefficient (Wildman–Crippen LogP) is 3.70. The Kier molecular flexibility index (Phi) is 7.87. The molecule has 1 amide bonds. The van der Waals surface area contributed by atoms with E-state index < -0.39 is 0 Å². The van der Waals surface area contributed by atoms with Crippen LogP contribution >= 0.6 is 23.7 Å². The number of likely N-dealkylation sites (tertiary alicyclic amines) is 1. The molecular formula is C17H29ClN2OS. The molecule has 0 bridgehead atoms. The number of halogens is 1. The van der Waals surface area contributed by atoms with Crippen LogP contribution in [0, 0.1) is 19.8 Å². The van der Waals surface area contributed by atoms with Gasteiger partial charge in [-0.05, 0) is 63.6 Å². The molecule has 0 aliphatic carbocycles. The first kappa shape index (κ1) is 19.5. The Morgan fingerprint density at radius 2 is 2.18 bits per heavy atom. The maximum Gasteiger partial charge on any atom is 0.228 e. The van der Waals surface area contributed by atoms with Gasteiger partial charge in [0.15, 0.2) is 0 Å². The Balaban J connectivity index is 0.00000242. The normalized spacial score (nSPS) is 21.5. The van der Waals surface area contributed by atoms with Gasteiger partial charge in [-0.25, -0.2) is 0 Å². The van der Waals surface area contributed by atoms with Crippen molar-refractivity contribution >= 4 is 29.7 Å². The second-order valence-corrected chi connectivity index (χ2v) is 7.69. The molecule has 2 heterocycles. The maximum atomic E-state index is 12.7. The van der Waals surface area contributed by atoms with Crippen molar-refractivity contribution in [1.82, 2.24) is 4.90 Å². The third kappa shape index (κ3) is 4.71. The standard InChI is InChI=1S/C17H28N2OS.ClH/c1-12-6-5-9-19(15(12)7-4-8-18)17(20)11-16-13(2)10-14(3)21-16;/h10,12,15H,4-9,11,18H2,1-3H3;1H. The summed E-state index contributed by atoms with van der Waals surface area (Å²) in [4.78, 5) is 17.4. The van der Waals surface area contributed by atoms with Crippen LogP contribution in [0.1, 0.15) is 47.9 Å². The highest BCUT2D eigenvalue weighted by Crippen LogP contribution is 2.28. The van der Waals surface area contributed by atoms with Gasteiger partial charge in [-0.15, -0.1) is 23.7 Å². The van der Waals surface area contributed by atoms with Gasteiger partial charge in [0.1, 0.15) is 0 Å². The van der Waals surface area contributed by atoms with Crippen molar-refractivity contribution in [3.05, 3.63) is 21.4 Å². The van der Waals surface area contributed by atoms with Crippen LogP contribution in [0.25, 0.3) is 0 Å². The Bertz CT molecular complexity index is 489. The molecule has 1 aliphatic rings. The second-order valence-electron chi connectivity index (χ2n) is 6.34. The molecule has 5 heteroatoms. The zero-order valence-electron chi connectivity index (χ0n) is 13.9. The molecule has 1 aromatic rings. The SMILES string of the molecule is Cc1cc(C)c(CC(=O)N2CCCC(C)C2CCCN)s1.Cl. The van der Waals surface area contributed by atoms with E-state index in [1.165, 1.54) is 21.7 Å². The topological polar surface area (TPSA) is 46.3 Å². The largest absolute Gasteiger partial charge is 0.339 e. The van der Waals surface area contributed by atoms with Crippen LogP contribution in [0.15, 0.2) is 6.07 Å². The number of piperidine rings is 1. The summed E-state index contributed by atoms with van der Waals surface area (Å²) in [6, 6.07) is 2.56. The van der Waals surface area contributed by atoms with E-state index >= 15 is 0 Å². The molecule has 2 N–H and O–H groups in total. The fourth-order valence-electron chi connectivity index (χ4n) is 3.43. The van der Waals surface area contributed by atoms with E-state index in [9.17, 15) is 4.79 Å². The number of thiophene rings is 1.